The van der Waals surface area contributed by atoms with Crippen molar-refractivity contribution < 1.29 is 0 Å². The van der Waals surface area contributed by atoms with E-state index >= 15 is 0 Å². The molecule has 1 aromatic heterocycles. The number of nitrogens with two attached hydrogens (primary N) is 1. The van der Waals surface area contributed by atoms with Gasteiger partial charge in [0.05, 0.1) is 21.8 Å². The Hall–Kier alpha value is -1.32. The van der Waals surface area contributed by atoms with Crippen LogP contribution < -0.4 is 5.84 Å². The number of hydrazone groups is 1. The van der Waals surface area contributed by atoms with E-state index in [0.717, 1.165) is 10.9 Å². The van der Waals surface area contributed by atoms with Crippen LogP contribution in [-0.2, 0) is 0 Å². The molecule has 1 heterocycles. The van der Waals surface area contributed by atoms with Crippen LogP contribution in [0, 0.1) is 0 Å². The Morgan fingerprint density at radius 1 is 1.33 bits per heavy atom. The average molecular weight is 240 g/mol. The highest BCUT2D eigenvalue weighted by Crippen LogP contribution is 2.24. The molecule has 0 saturated heterocycles. The highest BCUT2D eigenvalue weighted by atomic mass is 35.5. The Morgan fingerprint density at radius 3 is 2.87 bits per heavy atom. The summed E-state index contributed by atoms with van der Waals surface area (Å²) in [5.41, 5.74) is 1.44. The van der Waals surface area contributed by atoms with Gasteiger partial charge in [-0.1, -0.05) is 29.3 Å². The molecule has 0 fully saturated rings. The summed E-state index contributed by atoms with van der Waals surface area (Å²) in [7, 11) is 0. The predicted molar refractivity (Wildman–Crippen MR) is 63.5 cm³/mol. The summed E-state index contributed by atoms with van der Waals surface area (Å²) in [5, 5.41) is 5.51. The second kappa shape index (κ2) is 4.04. The van der Waals surface area contributed by atoms with Crippen LogP contribution in [0.2, 0.25) is 10.0 Å². The van der Waals surface area contributed by atoms with Crippen molar-refractivity contribution >= 4 is 40.3 Å². The van der Waals surface area contributed by atoms with E-state index in [-0.39, 0.29) is 0 Å². The number of hydrogen-bond donors (Lipinski definition) is 1. The molecule has 0 radical (unpaired) electrons. The van der Waals surface area contributed by atoms with Crippen LogP contribution in [0.25, 0.3) is 10.9 Å². The second-order valence-electron chi connectivity index (χ2n) is 2.96. The lowest BCUT2D eigenvalue weighted by atomic mass is 10.1. The van der Waals surface area contributed by atoms with E-state index in [1.165, 1.54) is 6.21 Å². The molecule has 0 spiro atoms. The summed E-state index contributed by atoms with van der Waals surface area (Å²) in [6.07, 6.45) is 3.04. The molecule has 0 unspecified atom stereocenters. The first-order valence-electron chi connectivity index (χ1n) is 4.19. The molecule has 0 saturated carbocycles. The summed E-state index contributed by atoms with van der Waals surface area (Å²) >= 11 is 11.8. The summed E-state index contributed by atoms with van der Waals surface area (Å²) in [6, 6.07) is 5.43. The smallest absolute Gasteiger partial charge is 0.0806 e. The van der Waals surface area contributed by atoms with Crippen molar-refractivity contribution in [1.82, 2.24) is 4.98 Å². The van der Waals surface area contributed by atoms with Gasteiger partial charge in [-0.25, -0.2) is 0 Å². The molecule has 76 valence electrons. The van der Waals surface area contributed by atoms with E-state index in [9.17, 15) is 0 Å². The third-order valence-corrected chi connectivity index (χ3v) is 2.55. The third-order valence-electron chi connectivity index (χ3n) is 2.01. The van der Waals surface area contributed by atoms with Crippen molar-refractivity contribution in [3.8, 4) is 0 Å². The van der Waals surface area contributed by atoms with Gasteiger partial charge in [-0.3, -0.25) is 4.98 Å². The zero-order chi connectivity index (χ0) is 10.8. The van der Waals surface area contributed by atoms with Crippen LogP contribution in [0.3, 0.4) is 0 Å². The first kappa shape index (κ1) is 10.2. The predicted octanol–water partition coefficient (Wildman–Crippen LogP) is 2.83. The first-order chi connectivity index (χ1) is 7.22. The maximum absolute atomic E-state index is 6.00. The molecule has 5 heteroatoms. The number of hydrogen-bond acceptors (Lipinski definition) is 3. The summed E-state index contributed by atoms with van der Waals surface area (Å²) < 4.78 is 0. The van der Waals surface area contributed by atoms with Crippen molar-refractivity contribution in [1.29, 1.82) is 0 Å². The fourth-order valence-corrected chi connectivity index (χ4v) is 1.74. The number of benzene rings is 1. The third kappa shape index (κ3) is 1.89. The standard InChI is InChI=1S/C10H7Cl2N3/c11-7-3-6-1-2-9(12)8(5-15-13)10(6)14-4-7/h1-5H,13H2. The molecule has 0 bridgehead atoms. The highest BCUT2D eigenvalue weighted by Gasteiger charge is 2.05. The first-order valence-corrected chi connectivity index (χ1v) is 4.95. The van der Waals surface area contributed by atoms with Crippen LogP contribution in [0.4, 0.5) is 0 Å². The highest BCUT2D eigenvalue weighted by molar-refractivity contribution is 6.35. The van der Waals surface area contributed by atoms with E-state index in [0.29, 0.717) is 15.6 Å². The minimum absolute atomic E-state index is 0.562. The molecule has 0 aliphatic heterocycles. The van der Waals surface area contributed by atoms with Crippen molar-refractivity contribution in [2.75, 3.05) is 0 Å². The van der Waals surface area contributed by atoms with Crippen molar-refractivity contribution in [3.05, 3.63) is 40.0 Å². The largest absolute Gasteiger partial charge is 0.323 e. The Balaban J connectivity index is 2.81. The maximum atomic E-state index is 6.00. The van der Waals surface area contributed by atoms with Gasteiger partial charge in [0.15, 0.2) is 0 Å². The van der Waals surface area contributed by atoms with E-state index < -0.39 is 0 Å². The number of fused-ring (bicyclic) bond motifs is 1. The van der Waals surface area contributed by atoms with Crippen molar-refractivity contribution in [2.24, 2.45) is 10.9 Å². The van der Waals surface area contributed by atoms with Gasteiger partial charge >= 0.3 is 0 Å². The van der Waals surface area contributed by atoms with Gasteiger partial charge in [0.1, 0.15) is 0 Å². The lowest BCUT2D eigenvalue weighted by Crippen LogP contribution is -1.92. The lowest BCUT2D eigenvalue weighted by Gasteiger charge is -2.03. The lowest BCUT2D eigenvalue weighted by molar-refractivity contribution is 1.26. The van der Waals surface area contributed by atoms with Crippen LogP contribution in [0.5, 0.6) is 0 Å². The SMILES string of the molecule is NN=Cc1c(Cl)ccc2cc(Cl)cnc12. The van der Waals surface area contributed by atoms with Crippen LogP contribution in [0.15, 0.2) is 29.5 Å². The van der Waals surface area contributed by atoms with Gasteiger partial charge in [0, 0.05) is 17.1 Å². The van der Waals surface area contributed by atoms with E-state index in [1.807, 2.05) is 12.1 Å². The molecule has 0 aliphatic rings. The van der Waals surface area contributed by atoms with Gasteiger partial charge in [0.25, 0.3) is 0 Å². The number of pyridine rings is 1. The van der Waals surface area contributed by atoms with E-state index in [1.54, 1.807) is 12.3 Å². The Kier molecular flexibility index (Phi) is 2.75. The minimum Gasteiger partial charge on any atom is -0.323 e. The van der Waals surface area contributed by atoms with Gasteiger partial charge in [-0.2, -0.15) is 5.10 Å². The zero-order valence-corrected chi connectivity index (χ0v) is 9.13. The van der Waals surface area contributed by atoms with Gasteiger partial charge < -0.3 is 5.84 Å². The van der Waals surface area contributed by atoms with Gasteiger partial charge in [0.2, 0.25) is 0 Å². The van der Waals surface area contributed by atoms with Gasteiger partial charge in [-0.15, -0.1) is 0 Å². The van der Waals surface area contributed by atoms with Gasteiger partial charge in [-0.05, 0) is 12.1 Å². The fourth-order valence-electron chi connectivity index (χ4n) is 1.37. The molecule has 1 aromatic carbocycles. The molecule has 2 rings (SSSR count). The fraction of sp³-hybridized carbons (Fsp3) is 0. The van der Waals surface area contributed by atoms with E-state index in [2.05, 4.69) is 10.1 Å². The maximum Gasteiger partial charge on any atom is 0.0806 e. The molecule has 0 atom stereocenters. The monoisotopic (exact) mass is 239 g/mol. The van der Waals surface area contributed by atoms with Crippen molar-refractivity contribution in [2.45, 2.75) is 0 Å². The Morgan fingerprint density at radius 2 is 2.13 bits per heavy atom. The molecule has 2 N–H and O–H groups in total. The van der Waals surface area contributed by atoms with E-state index in [4.69, 9.17) is 29.0 Å². The summed E-state index contributed by atoms with van der Waals surface area (Å²) in [4.78, 5) is 4.20. The summed E-state index contributed by atoms with van der Waals surface area (Å²) in [6.45, 7) is 0. The zero-order valence-electron chi connectivity index (χ0n) is 7.61. The molecule has 15 heavy (non-hydrogen) atoms. The Bertz CT molecular complexity index is 537. The average Bonchev–Trinajstić information content (AvgIpc) is 2.22. The van der Waals surface area contributed by atoms with Crippen LogP contribution >= 0.6 is 23.2 Å². The van der Waals surface area contributed by atoms with Crippen LogP contribution in [0.1, 0.15) is 5.56 Å². The molecular formula is C10H7Cl2N3. The van der Waals surface area contributed by atoms with Crippen LogP contribution in [-0.4, -0.2) is 11.2 Å². The molecule has 2 aromatic rings. The number of nitrogens with zero attached hydrogens (tertiary/aromatic N) is 2. The number of rotatable bonds is 1. The topological polar surface area (TPSA) is 51.3 Å². The second-order valence-corrected chi connectivity index (χ2v) is 3.81. The minimum atomic E-state index is 0.562. The molecule has 0 aliphatic carbocycles. The normalized spacial score (nSPS) is 11.3. The number of aromatic nitrogens is 1. The Labute approximate surface area is 96.5 Å². The quantitative estimate of drug-likeness (QED) is 0.473. The number of halogens is 2. The summed E-state index contributed by atoms with van der Waals surface area (Å²) in [5.74, 6) is 5.11. The van der Waals surface area contributed by atoms with Crippen molar-refractivity contribution in [3.63, 3.8) is 0 Å². The molecule has 0 amide bonds. The molecule has 3 nitrogen and oxygen atoms in total. The molecular weight excluding hydrogens is 233 g/mol.